The molecule has 1 heterocycles. The van der Waals surface area contributed by atoms with E-state index in [9.17, 15) is 13.2 Å². The predicted molar refractivity (Wildman–Crippen MR) is 134 cm³/mol. The summed E-state index contributed by atoms with van der Waals surface area (Å²) in [6.07, 6.45) is 2.55. The maximum Gasteiger partial charge on any atom is 0.268 e. The molecule has 0 aromatic heterocycles. The molecule has 4 rings (SSSR count). The first-order chi connectivity index (χ1) is 16.4. The Morgan fingerprint density at radius 1 is 1.06 bits per heavy atom. The topological polar surface area (TPSA) is 111 Å². The van der Waals surface area contributed by atoms with Crippen molar-refractivity contribution in [3.8, 4) is 11.1 Å². The monoisotopic (exact) mass is 475 g/mol. The van der Waals surface area contributed by atoms with Crippen LogP contribution in [0, 0.1) is 0 Å². The number of oxime groups is 1. The minimum atomic E-state index is -3.86. The van der Waals surface area contributed by atoms with Crippen LogP contribution in [0.25, 0.3) is 16.7 Å². The highest BCUT2D eigenvalue weighted by molar-refractivity contribution is 7.89. The predicted octanol–water partition coefficient (Wildman–Crippen LogP) is 4.58. The smallest absolute Gasteiger partial charge is 0.268 e. The van der Waals surface area contributed by atoms with E-state index >= 15 is 0 Å². The molecule has 3 N–H and O–H groups in total. The second-order valence-electron chi connectivity index (χ2n) is 7.84. The van der Waals surface area contributed by atoms with Crippen LogP contribution in [0.15, 0.2) is 95.0 Å². The minimum Gasteiger partial charge on any atom is -0.382 e. The van der Waals surface area contributed by atoms with Gasteiger partial charge in [0, 0.05) is 23.2 Å². The van der Waals surface area contributed by atoms with Gasteiger partial charge in [0.05, 0.1) is 10.6 Å². The largest absolute Gasteiger partial charge is 0.382 e. The second kappa shape index (κ2) is 10.0. The quantitative estimate of drug-likeness (QED) is 0.521. The molecule has 1 unspecified atom stereocenters. The molecular formula is C26H25N3O4S. The molecule has 0 saturated carbocycles. The number of carbonyl (C=O) groups excluding carboxylic acids is 1. The molecule has 8 heteroatoms. The number of rotatable bonds is 7. The number of nitrogens with zero attached hydrogens (tertiary/aromatic N) is 1. The Kier molecular flexibility index (Phi) is 6.90. The molecule has 3 aromatic rings. The van der Waals surface area contributed by atoms with E-state index in [1.165, 1.54) is 6.07 Å². The Morgan fingerprint density at radius 3 is 2.41 bits per heavy atom. The third-order valence-electron chi connectivity index (χ3n) is 5.42. The normalized spacial score (nSPS) is 16.0. The maximum atomic E-state index is 12.8. The van der Waals surface area contributed by atoms with Crippen LogP contribution in [0.2, 0.25) is 0 Å². The van der Waals surface area contributed by atoms with Crippen molar-refractivity contribution in [2.45, 2.75) is 30.8 Å². The highest BCUT2D eigenvalue weighted by atomic mass is 32.2. The number of amides is 1. The van der Waals surface area contributed by atoms with Gasteiger partial charge in [0.15, 0.2) is 0 Å². The summed E-state index contributed by atoms with van der Waals surface area (Å²) in [5.41, 5.74) is 4.47. The van der Waals surface area contributed by atoms with Gasteiger partial charge >= 0.3 is 0 Å². The molecule has 0 aliphatic carbocycles. The fraction of sp³-hybridized carbons (Fsp3) is 0.154. The van der Waals surface area contributed by atoms with Crippen molar-refractivity contribution in [2.75, 3.05) is 5.32 Å². The van der Waals surface area contributed by atoms with E-state index in [1.807, 2.05) is 30.3 Å². The lowest BCUT2D eigenvalue weighted by Gasteiger charge is -2.12. The fourth-order valence-electron chi connectivity index (χ4n) is 3.81. The van der Waals surface area contributed by atoms with Crippen molar-refractivity contribution in [1.29, 1.82) is 0 Å². The molecule has 0 bridgehead atoms. The van der Waals surface area contributed by atoms with E-state index in [1.54, 1.807) is 42.5 Å². The third kappa shape index (κ3) is 5.24. The van der Waals surface area contributed by atoms with Crippen LogP contribution >= 0.6 is 0 Å². The summed E-state index contributed by atoms with van der Waals surface area (Å²) < 4.78 is 23.8. The highest BCUT2D eigenvalue weighted by Gasteiger charge is 2.30. The summed E-state index contributed by atoms with van der Waals surface area (Å²) in [5, 5.41) is 12.4. The second-order valence-corrected chi connectivity index (χ2v) is 9.37. The van der Waals surface area contributed by atoms with Gasteiger partial charge in [-0.3, -0.25) is 4.79 Å². The van der Waals surface area contributed by atoms with Crippen LogP contribution in [0.1, 0.15) is 25.3 Å². The fourth-order valence-corrected chi connectivity index (χ4v) is 4.57. The number of benzene rings is 3. The number of carbonyl (C=O) groups is 1. The standard InChI is InChI=1S/C26H25N3O4S/c1-2-8-21(18-9-4-3-5-10-18)23-17-24(33-29-23)26(30)28-20-15-13-19(14-16-20)22-11-6-7-12-25(22)34(27,31)32/h3-16,24H,2,17H2,1H3,(H,28,30)(H2,27,31,32)/b21-8+. The van der Waals surface area contributed by atoms with Gasteiger partial charge in [-0.2, -0.15) is 0 Å². The van der Waals surface area contributed by atoms with Crippen molar-refractivity contribution in [3.63, 3.8) is 0 Å². The Hall–Kier alpha value is -3.75. The Bertz CT molecular complexity index is 1350. The lowest BCUT2D eigenvalue weighted by molar-refractivity contribution is -0.125. The molecule has 0 spiro atoms. The highest BCUT2D eigenvalue weighted by Crippen LogP contribution is 2.28. The molecule has 0 radical (unpaired) electrons. The first kappa shape index (κ1) is 23.4. The zero-order valence-corrected chi connectivity index (χ0v) is 19.5. The number of allylic oxidation sites excluding steroid dienone is 2. The molecule has 1 aliphatic rings. The number of hydrogen-bond acceptors (Lipinski definition) is 5. The zero-order valence-electron chi connectivity index (χ0n) is 18.6. The Labute approximate surface area is 199 Å². The van der Waals surface area contributed by atoms with Gasteiger partial charge in [-0.05, 0) is 35.7 Å². The van der Waals surface area contributed by atoms with Crippen molar-refractivity contribution in [3.05, 3.63) is 90.5 Å². The van der Waals surface area contributed by atoms with E-state index in [2.05, 4.69) is 23.5 Å². The van der Waals surface area contributed by atoms with E-state index in [-0.39, 0.29) is 10.8 Å². The van der Waals surface area contributed by atoms with Crippen LogP contribution < -0.4 is 10.5 Å². The van der Waals surface area contributed by atoms with Gasteiger partial charge < -0.3 is 10.2 Å². The van der Waals surface area contributed by atoms with Gasteiger partial charge in [0.1, 0.15) is 0 Å². The molecule has 7 nitrogen and oxygen atoms in total. The molecule has 3 aromatic carbocycles. The first-order valence-corrected chi connectivity index (χ1v) is 12.4. The van der Waals surface area contributed by atoms with E-state index in [0.29, 0.717) is 23.2 Å². The summed E-state index contributed by atoms with van der Waals surface area (Å²) in [6, 6.07) is 23.3. The van der Waals surface area contributed by atoms with Gasteiger partial charge in [-0.25, -0.2) is 13.6 Å². The number of nitrogens with one attached hydrogen (secondary N) is 1. The van der Waals surface area contributed by atoms with Crippen LogP contribution in [0.5, 0.6) is 0 Å². The number of nitrogens with two attached hydrogens (primary N) is 1. The van der Waals surface area contributed by atoms with E-state index < -0.39 is 16.1 Å². The maximum absolute atomic E-state index is 12.8. The molecule has 34 heavy (non-hydrogen) atoms. The minimum absolute atomic E-state index is 0.0465. The van der Waals surface area contributed by atoms with Crippen molar-refractivity contribution in [1.82, 2.24) is 0 Å². The van der Waals surface area contributed by atoms with Crippen LogP contribution in [-0.4, -0.2) is 26.1 Å². The van der Waals surface area contributed by atoms with Crippen molar-refractivity contribution in [2.24, 2.45) is 10.3 Å². The molecule has 0 saturated heterocycles. The van der Waals surface area contributed by atoms with Crippen molar-refractivity contribution >= 4 is 32.9 Å². The average Bonchev–Trinajstić information content (AvgIpc) is 3.33. The lowest BCUT2D eigenvalue weighted by atomic mass is 9.96. The zero-order chi connectivity index (χ0) is 24.1. The molecule has 1 amide bonds. The SMILES string of the molecule is CC/C=C(/C1=NOC(C(=O)Nc2ccc(-c3ccccc3S(N)(=O)=O)cc2)C1)c1ccccc1. The van der Waals surface area contributed by atoms with Gasteiger partial charge in [-0.1, -0.05) is 78.8 Å². The summed E-state index contributed by atoms with van der Waals surface area (Å²) in [5.74, 6) is -0.305. The first-order valence-electron chi connectivity index (χ1n) is 10.9. The van der Waals surface area contributed by atoms with Gasteiger partial charge in [-0.15, -0.1) is 0 Å². The third-order valence-corrected chi connectivity index (χ3v) is 6.39. The number of hydrogen-bond donors (Lipinski definition) is 2. The lowest BCUT2D eigenvalue weighted by Crippen LogP contribution is -2.28. The molecule has 0 fully saturated rings. The van der Waals surface area contributed by atoms with Crippen LogP contribution in [-0.2, 0) is 19.7 Å². The van der Waals surface area contributed by atoms with Crippen LogP contribution in [0.3, 0.4) is 0 Å². The number of anilines is 1. The molecule has 174 valence electrons. The average molecular weight is 476 g/mol. The summed E-state index contributed by atoms with van der Waals surface area (Å²) in [6.45, 7) is 2.05. The molecule has 1 aliphatic heterocycles. The molecular weight excluding hydrogens is 450 g/mol. The summed E-state index contributed by atoms with van der Waals surface area (Å²) in [7, 11) is -3.86. The van der Waals surface area contributed by atoms with E-state index in [0.717, 1.165) is 23.3 Å². The number of sulfonamides is 1. The summed E-state index contributed by atoms with van der Waals surface area (Å²) in [4.78, 5) is 18.3. The Balaban J connectivity index is 1.44. The van der Waals surface area contributed by atoms with Gasteiger partial charge in [0.2, 0.25) is 16.1 Å². The van der Waals surface area contributed by atoms with Gasteiger partial charge in [0.25, 0.3) is 5.91 Å². The number of primary sulfonamides is 1. The van der Waals surface area contributed by atoms with E-state index in [4.69, 9.17) is 9.98 Å². The molecule has 1 atom stereocenters. The summed E-state index contributed by atoms with van der Waals surface area (Å²) >= 11 is 0. The Morgan fingerprint density at radius 2 is 1.74 bits per heavy atom. The van der Waals surface area contributed by atoms with Crippen LogP contribution in [0.4, 0.5) is 5.69 Å². The van der Waals surface area contributed by atoms with Crippen molar-refractivity contribution < 1.29 is 18.0 Å².